The minimum atomic E-state index is 0.182. The predicted octanol–water partition coefficient (Wildman–Crippen LogP) is 2.72. The lowest BCUT2D eigenvalue weighted by molar-refractivity contribution is -0.144. The number of ether oxygens (including phenoxy) is 1. The third-order valence-corrected chi connectivity index (χ3v) is 4.75. The van der Waals surface area contributed by atoms with E-state index in [1.54, 1.807) is 0 Å². The highest BCUT2D eigenvalue weighted by Crippen LogP contribution is 2.50. The van der Waals surface area contributed by atoms with Crippen molar-refractivity contribution in [3.05, 3.63) is 0 Å². The maximum Gasteiger partial charge on any atom is 0.0843 e. The lowest BCUT2D eigenvalue weighted by Crippen LogP contribution is -2.61. The zero-order valence-electron chi connectivity index (χ0n) is 10.7. The summed E-state index contributed by atoms with van der Waals surface area (Å²) in [5.41, 5.74) is 0.658. The van der Waals surface area contributed by atoms with Gasteiger partial charge in [-0.25, -0.2) is 0 Å². The average Bonchev–Trinajstić information content (AvgIpc) is 3.00. The summed E-state index contributed by atoms with van der Waals surface area (Å²) in [7, 11) is 0. The summed E-state index contributed by atoms with van der Waals surface area (Å²) in [4.78, 5) is 0. The van der Waals surface area contributed by atoms with Crippen LogP contribution in [0.1, 0.15) is 52.4 Å². The largest absolute Gasteiger partial charge is 0.372 e. The molecule has 16 heavy (non-hydrogen) atoms. The van der Waals surface area contributed by atoms with E-state index in [4.69, 9.17) is 4.74 Å². The van der Waals surface area contributed by atoms with E-state index in [9.17, 15) is 0 Å². The SMILES string of the molecule is CC1(C)CCCC2(C1)OCCNC2C1CC1. The van der Waals surface area contributed by atoms with E-state index in [1.165, 1.54) is 38.5 Å². The van der Waals surface area contributed by atoms with Crippen molar-refractivity contribution in [2.75, 3.05) is 13.2 Å². The van der Waals surface area contributed by atoms with E-state index in [1.807, 2.05) is 0 Å². The second kappa shape index (κ2) is 3.71. The molecular weight excluding hydrogens is 198 g/mol. The molecule has 1 spiro atoms. The first kappa shape index (κ1) is 11.0. The molecule has 2 nitrogen and oxygen atoms in total. The van der Waals surface area contributed by atoms with Crippen molar-refractivity contribution in [2.24, 2.45) is 11.3 Å². The van der Waals surface area contributed by atoms with Crippen LogP contribution in [0.2, 0.25) is 0 Å². The van der Waals surface area contributed by atoms with Crippen molar-refractivity contribution >= 4 is 0 Å². The molecule has 1 heterocycles. The molecule has 0 aromatic heterocycles. The molecule has 1 saturated heterocycles. The Kier molecular flexibility index (Phi) is 2.56. The molecule has 0 aromatic rings. The monoisotopic (exact) mass is 223 g/mol. The van der Waals surface area contributed by atoms with E-state index in [0.717, 1.165) is 19.1 Å². The van der Waals surface area contributed by atoms with Gasteiger partial charge in [-0.3, -0.25) is 0 Å². The van der Waals surface area contributed by atoms with Crippen LogP contribution in [0.3, 0.4) is 0 Å². The zero-order chi connectivity index (χ0) is 11.2. The fraction of sp³-hybridized carbons (Fsp3) is 1.00. The minimum absolute atomic E-state index is 0.182. The Labute approximate surface area is 99.1 Å². The quantitative estimate of drug-likeness (QED) is 0.738. The molecule has 1 aliphatic heterocycles. The van der Waals surface area contributed by atoms with Gasteiger partial charge in [-0.2, -0.15) is 0 Å². The van der Waals surface area contributed by atoms with E-state index in [0.29, 0.717) is 11.5 Å². The van der Waals surface area contributed by atoms with Crippen molar-refractivity contribution in [1.29, 1.82) is 0 Å². The summed E-state index contributed by atoms with van der Waals surface area (Å²) < 4.78 is 6.29. The Balaban J connectivity index is 1.81. The smallest absolute Gasteiger partial charge is 0.0843 e. The molecule has 3 aliphatic rings. The van der Waals surface area contributed by atoms with Gasteiger partial charge >= 0.3 is 0 Å². The Morgan fingerprint density at radius 1 is 1.19 bits per heavy atom. The molecule has 92 valence electrons. The Morgan fingerprint density at radius 2 is 2.00 bits per heavy atom. The van der Waals surface area contributed by atoms with E-state index < -0.39 is 0 Å². The van der Waals surface area contributed by atoms with Gasteiger partial charge in [-0.05, 0) is 49.9 Å². The van der Waals surface area contributed by atoms with Gasteiger partial charge in [0.2, 0.25) is 0 Å². The summed E-state index contributed by atoms with van der Waals surface area (Å²) in [6, 6.07) is 0.654. The van der Waals surface area contributed by atoms with E-state index in [2.05, 4.69) is 19.2 Å². The van der Waals surface area contributed by atoms with Crippen LogP contribution in [-0.4, -0.2) is 24.8 Å². The first-order valence-electron chi connectivity index (χ1n) is 6.99. The first-order valence-corrected chi connectivity index (χ1v) is 6.99. The van der Waals surface area contributed by atoms with Crippen LogP contribution in [0, 0.1) is 11.3 Å². The van der Waals surface area contributed by atoms with Crippen LogP contribution in [0.25, 0.3) is 0 Å². The van der Waals surface area contributed by atoms with Gasteiger partial charge in [-0.1, -0.05) is 13.8 Å². The second-order valence-electron chi connectivity index (χ2n) is 6.88. The Hall–Kier alpha value is -0.0800. The molecule has 3 fully saturated rings. The molecule has 2 aliphatic carbocycles. The molecule has 2 heteroatoms. The number of rotatable bonds is 1. The number of hydrogen-bond donors (Lipinski definition) is 1. The molecule has 2 atom stereocenters. The summed E-state index contributed by atoms with van der Waals surface area (Å²) in [6.45, 7) is 6.80. The van der Waals surface area contributed by atoms with E-state index >= 15 is 0 Å². The van der Waals surface area contributed by atoms with Crippen molar-refractivity contribution in [1.82, 2.24) is 5.32 Å². The van der Waals surface area contributed by atoms with Crippen LogP contribution < -0.4 is 5.32 Å². The van der Waals surface area contributed by atoms with Crippen molar-refractivity contribution in [3.63, 3.8) is 0 Å². The molecule has 0 bridgehead atoms. The minimum Gasteiger partial charge on any atom is -0.372 e. The number of hydrogen-bond acceptors (Lipinski definition) is 2. The third kappa shape index (κ3) is 1.91. The molecular formula is C14H25NO. The zero-order valence-corrected chi connectivity index (χ0v) is 10.7. The van der Waals surface area contributed by atoms with Gasteiger partial charge in [-0.15, -0.1) is 0 Å². The van der Waals surface area contributed by atoms with Crippen molar-refractivity contribution in [3.8, 4) is 0 Å². The highest BCUT2D eigenvalue weighted by Gasteiger charge is 2.52. The van der Waals surface area contributed by atoms with Gasteiger partial charge in [0.15, 0.2) is 0 Å². The van der Waals surface area contributed by atoms with Crippen LogP contribution in [0.4, 0.5) is 0 Å². The van der Waals surface area contributed by atoms with Crippen LogP contribution >= 0.6 is 0 Å². The van der Waals surface area contributed by atoms with E-state index in [-0.39, 0.29) is 5.60 Å². The Bertz CT molecular complexity index is 268. The maximum atomic E-state index is 6.29. The summed E-state index contributed by atoms with van der Waals surface area (Å²) in [5, 5.41) is 3.75. The third-order valence-electron chi connectivity index (χ3n) is 4.75. The number of morpholine rings is 1. The van der Waals surface area contributed by atoms with Crippen LogP contribution in [0.15, 0.2) is 0 Å². The topological polar surface area (TPSA) is 21.3 Å². The first-order chi connectivity index (χ1) is 7.61. The maximum absolute atomic E-state index is 6.29. The van der Waals surface area contributed by atoms with Gasteiger partial charge in [0.05, 0.1) is 12.2 Å². The molecule has 2 saturated carbocycles. The van der Waals surface area contributed by atoms with Gasteiger partial charge in [0.25, 0.3) is 0 Å². The number of nitrogens with one attached hydrogen (secondary N) is 1. The molecule has 0 aromatic carbocycles. The van der Waals surface area contributed by atoms with Crippen molar-refractivity contribution in [2.45, 2.75) is 64.0 Å². The van der Waals surface area contributed by atoms with Crippen LogP contribution in [-0.2, 0) is 4.74 Å². The molecule has 3 rings (SSSR count). The average molecular weight is 223 g/mol. The fourth-order valence-corrected chi connectivity index (χ4v) is 4.01. The van der Waals surface area contributed by atoms with Gasteiger partial charge < -0.3 is 10.1 Å². The predicted molar refractivity (Wildman–Crippen MR) is 65.4 cm³/mol. The summed E-state index contributed by atoms with van der Waals surface area (Å²) in [5.74, 6) is 0.911. The van der Waals surface area contributed by atoms with Crippen molar-refractivity contribution < 1.29 is 4.74 Å². The molecule has 1 N–H and O–H groups in total. The van der Waals surface area contributed by atoms with Gasteiger partial charge in [0, 0.05) is 12.6 Å². The molecule has 2 unspecified atom stereocenters. The normalized spacial score (nSPS) is 43.5. The lowest BCUT2D eigenvalue weighted by atomic mass is 9.66. The molecule has 0 amide bonds. The Morgan fingerprint density at radius 3 is 2.69 bits per heavy atom. The highest BCUT2D eigenvalue weighted by molar-refractivity contribution is 5.06. The standard InChI is InChI=1S/C14H25NO/c1-13(2)6-3-7-14(10-13)12(11-4-5-11)15-8-9-16-14/h11-12,15H,3-10H2,1-2H3. The van der Waals surface area contributed by atoms with Crippen LogP contribution in [0.5, 0.6) is 0 Å². The fourth-order valence-electron chi connectivity index (χ4n) is 4.01. The highest BCUT2D eigenvalue weighted by atomic mass is 16.5. The summed E-state index contributed by atoms with van der Waals surface area (Å²) >= 11 is 0. The lowest BCUT2D eigenvalue weighted by Gasteiger charge is -2.51. The molecule has 0 radical (unpaired) electrons. The summed E-state index contributed by atoms with van der Waals surface area (Å²) in [6.07, 6.45) is 8.10. The van der Waals surface area contributed by atoms with Gasteiger partial charge in [0.1, 0.15) is 0 Å². The second-order valence-corrected chi connectivity index (χ2v) is 6.88.